The lowest BCUT2D eigenvalue weighted by molar-refractivity contribution is -0.000882. The number of amides is 1. The van der Waals surface area contributed by atoms with Gasteiger partial charge in [-0.15, -0.1) is 0 Å². The fraction of sp³-hybridized carbons (Fsp3) is 0.550. The van der Waals surface area contributed by atoms with E-state index in [1.165, 1.54) is 12.0 Å². The van der Waals surface area contributed by atoms with Gasteiger partial charge in [-0.3, -0.25) is 0 Å². The summed E-state index contributed by atoms with van der Waals surface area (Å²) in [6, 6.07) is 8.60. The number of methoxy groups -OCH3 is 1. The van der Waals surface area contributed by atoms with E-state index >= 15 is 0 Å². The molecule has 1 heterocycles. The molecule has 0 aliphatic carbocycles. The third kappa shape index (κ3) is 8.40. The number of benzene rings is 1. The number of hydrogen-bond donors (Lipinski definition) is 1. The quantitative estimate of drug-likeness (QED) is 0.464. The van der Waals surface area contributed by atoms with Crippen LogP contribution in [-0.4, -0.2) is 90.6 Å². The van der Waals surface area contributed by atoms with E-state index in [0.29, 0.717) is 0 Å². The summed E-state index contributed by atoms with van der Waals surface area (Å²) in [6.45, 7) is 0.467. The molecule has 1 aromatic rings. The lowest BCUT2D eigenvalue weighted by Gasteiger charge is -2.48. The molecule has 1 aliphatic rings. The molecule has 1 N–H and O–H groups in total. The van der Waals surface area contributed by atoms with Gasteiger partial charge in [-0.1, -0.05) is 42.2 Å². The van der Waals surface area contributed by atoms with Crippen LogP contribution in [0.1, 0.15) is 5.56 Å². The second kappa shape index (κ2) is 11.6. The van der Waals surface area contributed by atoms with Crippen molar-refractivity contribution in [1.29, 1.82) is 0 Å². The summed E-state index contributed by atoms with van der Waals surface area (Å²) in [4.78, 5) is 14.1. The Morgan fingerprint density at radius 1 is 1.19 bits per heavy atom. The zero-order valence-corrected chi connectivity index (χ0v) is 20.0. The summed E-state index contributed by atoms with van der Waals surface area (Å²) in [5.41, 5.74) is 0.819. The molecule has 1 aliphatic heterocycles. The number of ether oxygens (including phenoxy) is 2. The van der Waals surface area contributed by atoms with Gasteiger partial charge < -0.3 is 14.4 Å². The highest BCUT2D eigenvalue weighted by Gasteiger charge is 2.44. The van der Waals surface area contributed by atoms with Gasteiger partial charge in [0.1, 0.15) is 13.2 Å². The fourth-order valence-electron chi connectivity index (χ4n) is 3.14. The van der Waals surface area contributed by atoms with E-state index in [-0.39, 0.29) is 45.3 Å². The van der Waals surface area contributed by atoms with Crippen LogP contribution in [0, 0.1) is 17.8 Å². The average Bonchev–Trinajstić information content (AvgIpc) is 2.69. The van der Waals surface area contributed by atoms with E-state index < -0.39 is 32.2 Å². The smallest absolute Gasteiger partial charge is 0.410 e. The Bertz CT molecular complexity index is 1030. The molecule has 1 amide bonds. The molecule has 10 nitrogen and oxygen atoms in total. The molecule has 2 atom stereocenters. The molecule has 2 rings (SSSR count). The molecule has 0 bridgehead atoms. The molecular formula is C20H29N3O7S2. The minimum atomic E-state index is -3.62. The molecular weight excluding hydrogens is 458 g/mol. The molecule has 0 spiro atoms. The number of sulfonamides is 2. The zero-order chi connectivity index (χ0) is 23.8. The van der Waals surface area contributed by atoms with Crippen molar-refractivity contribution in [2.45, 2.75) is 12.6 Å². The number of hydrogen-bond acceptors (Lipinski definition) is 7. The molecule has 32 heavy (non-hydrogen) atoms. The molecule has 0 radical (unpaired) electrons. The average molecular weight is 488 g/mol. The first-order valence-electron chi connectivity index (χ1n) is 9.83. The monoisotopic (exact) mass is 487 g/mol. The maximum atomic E-state index is 12.6. The van der Waals surface area contributed by atoms with Gasteiger partial charge in [0.2, 0.25) is 20.0 Å². The lowest BCUT2D eigenvalue weighted by atomic mass is 9.89. The number of carbonyl (C=O) groups excluding carboxylic acids is 1. The Balaban J connectivity index is 2.11. The summed E-state index contributed by atoms with van der Waals surface area (Å²) in [5.74, 6) is 5.16. The van der Waals surface area contributed by atoms with E-state index in [1.54, 1.807) is 0 Å². The Kier molecular flexibility index (Phi) is 9.47. The molecule has 1 fully saturated rings. The summed E-state index contributed by atoms with van der Waals surface area (Å²) in [7, 11) is -5.57. The molecule has 0 saturated carbocycles. The second-order valence-electron chi connectivity index (χ2n) is 7.48. The molecule has 0 aromatic heterocycles. The van der Waals surface area contributed by atoms with Gasteiger partial charge in [-0.05, 0) is 5.56 Å². The van der Waals surface area contributed by atoms with Crippen LogP contribution in [0.4, 0.5) is 4.79 Å². The fourth-order valence-corrected chi connectivity index (χ4v) is 4.38. The van der Waals surface area contributed by atoms with Gasteiger partial charge in [0.05, 0.1) is 25.1 Å². The Morgan fingerprint density at radius 2 is 1.88 bits per heavy atom. The number of carbonyl (C=O) groups is 1. The highest BCUT2D eigenvalue weighted by atomic mass is 32.2. The topological polar surface area (TPSA) is 122 Å². The van der Waals surface area contributed by atoms with Gasteiger partial charge in [0, 0.05) is 32.7 Å². The highest BCUT2D eigenvalue weighted by molar-refractivity contribution is 7.88. The van der Waals surface area contributed by atoms with E-state index in [2.05, 4.69) is 16.6 Å². The van der Waals surface area contributed by atoms with Crippen molar-refractivity contribution in [3.63, 3.8) is 0 Å². The van der Waals surface area contributed by atoms with E-state index in [1.807, 2.05) is 30.3 Å². The Labute approximate surface area is 190 Å². The first-order chi connectivity index (χ1) is 15.0. The minimum Gasteiger partial charge on any atom is -0.445 e. The number of nitrogens with zero attached hydrogens (tertiary/aromatic N) is 2. The summed E-state index contributed by atoms with van der Waals surface area (Å²) < 4.78 is 61.3. The predicted octanol–water partition coefficient (Wildman–Crippen LogP) is 0.0842. The van der Waals surface area contributed by atoms with Crippen LogP contribution in [0.25, 0.3) is 0 Å². The van der Waals surface area contributed by atoms with Crippen LogP contribution in [0.5, 0.6) is 0 Å². The SMILES string of the molecule is COCC#CCN(CC1C(CNS(C)(=O)=O)CN1C(=O)OCc1ccccc1)S(C)(=O)=O. The molecule has 2 unspecified atom stereocenters. The first-order valence-corrected chi connectivity index (χ1v) is 13.6. The maximum Gasteiger partial charge on any atom is 0.410 e. The van der Waals surface area contributed by atoms with Gasteiger partial charge in [0.25, 0.3) is 0 Å². The van der Waals surface area contributed by atoms with Crippen molar-refractivity contribution in [3.8, 4) is 11.8 Å². The summed E-state index contributed by atoms with van der Waals surface area (Å²) in [5, 5.41) is 0. The van der Waals surface area contributed by atoms with Crippen molar-refractivity contribution in [2.24, 2.45) is 5.92 Å². The molecule has 178 valence electrons. The van der Waals surface area contributed by atoms with Crippen molar-refractivity contribution < 1.29 is 31.1 Å². The number of nitrogens with one attached hydrogen (secondary N) is 1. The van der Waals surface area contributed by atoms with Crippen LogP contribution in [0.15, 0.2) is 30.3 Å². The highest BCUT2D eigenvalue weighted by Crippen LogP contribution is 2.27. The molecule has 12 heteroatoms. The number of likely N-dealkylation sites (tertiary alicyclic amines) is 1. The largest absolute Gasteiger partial charge is 0.445 e. The van der Waals surface area contributed by atoms with E-state index in [4.69, 9.17) is 9.47 Å². The van der Waals surface area contributed by atoms with E-state index in [9.17, 15) is 21.6 Å². The van der Waals surface area contributed by atoms with Crippen molar-refractivity contribution >= 4 is 26.1 Å². The lowest BCUT2D eigenvalue weighted by Crippen LogP contribution is -2.65. The van der Waals surface area contributed by atoms with Gasteiger partial charge in [-0.25, -0.2) is 26.4 Å². The molecule has 1 aromatic carbocycles. The van der Waals surface area contributed by atoms with Crippen LogP contribution >= 0.6 is 0 Å². The second-order valence-corrected chi connectivity index (χ2v) is 11.3. The minimum absolute atomic E-state index is 0.0307. The van der Waals surface area contributed by atoms with Crippen molar-refractivity contribution in [2.75, 3.05) is 52.4 Å². The van der Waals surface area contributed by atoms with Gasteiger partial charge >= 0.3 is 6.09 Å². The Hall–Kier alpha value is -2.17. The Morgan fingerprint density at radius 3 is 2.47 bits per heavy atom. The third-order valence-electron chi connectivity index (χ3n) is 4.88. The normalized spacial score (nSPS) is 18.6. The maximum absolute atomic E-state index is 12.6. The third-order valence-corrected chi connectivity index (χ3v) is 6.79. The zero-order valence-electron chi connectivity index (χ0n) is 18.4. The predicted molar refractivity (Wildman–Crippen MR) is 120 cm³/mol. The van der Waals surface area contributed by atoms with Crippen molar-refractivity contribution in [1.82, 2.24) is 13.9 Å². The standard InChI is InChI=1S/C20H29N3O7S2/c1-29-12-8-7-11-22(32(3,27)28)15-19-18(13-21-31(2,25)26)14-23(19)20(24)30-16-17-9-5-4-6-10-17/h4-6,9-10,18-19,21H,11-16H2,1-3H3. The van der Waals surface area contributed by atoms with Crippen LogP contribution < -0.4 is 4.72 Å². The first kappa shape index (κ1) is 26.1. The number of rotatable bonds is 10. The van der Waals surface area contributed by atoms with Crippen LogP contribution in [-0.2, 0) is 36.1 Å². The van der Waals surface area contributed by atoms with Gasteiger partial charge in [0.15, 0.2) is 0 Å². The van der Waals surface area contributed by atoms with E-state index in [0.717, 1.165) is 22.4 Å². The summed E-state index contributed by atoms with van der Waals surface area (Å²) in [6.07, 6.45) is 1.51. The van der Waals surface area contributed by atoms with Gasteiger partial charge in [-0.2, -0.15) is 4.31 Å². The van der Waals surface area contributed by atoms with Crippen molar-refractivity contribution in [3.05, 3.63) is 35.9 Å². The van der Waals surface area contributed by atoms with Crippen LogP contribution in [0.3, 0.4) is 0 Å². The molecule has 1 saturated heterocycles. The van der Waals surface area contributed by atoms with Crippen LogP contribution in [0.2, 0.25) is 0 Å². The summed E-state index contributed by atoms with van der Waals surface area (Å²) >= 11 is 0.